The van der Waals surface area contributed by atoms with Gasteiger partial charge in [-0.2, -0.15) is 0 Å². The van der Waals surface area contributed by atoms with Gasteiger partial charge >= 0.3 is 0 Å². The molecule has 1 rings (SSSR count). The lowest BCUT2D eigenvalue weighted by molar-refractivity contribution is -0.123. The smallest absolute Gasteiger partial charge is 0.220 e. The Morgan fingerprint density at radius 2 is 1.57 bits per heavy atom. The van der Waals surface area contributed by atoms with E-state index in [1.807, 2.05) is 0 Å². The third-order valence-electron chi connectivity index (χ3n) is 4.29. The van der Waals surface area contributed by atoms with E-state index in [1.165, 1.54) is 9.13 Å². The number of hydrogen-bond donors (Lipinski definition) is 2. The zero-order valence-corrected chi connectivity index (χ0v) is 19.1. The molecule has 0 saturated carbocycles. The number of nitrogens with one attached hydrogen (secondary N) is 2. The van der Waals surface area contributed by atoms with Crippen LogP contribution in [0, 0.1) is 3.57 Å². The Bertz CT molecular complexity index is 560. The van der Waals surface area contributed by atoms with Gasteiger partial charge in [0.15, 0.2) is 0 Å². The van der Waals surface area contributed by atoms with E-state index in [0.717, 1.165) is 32.1 Å². The number of amides is 2. The maximum absolute atomic E-state index is 11.9. The lowest BCUT2D eigenvalue weighted by Crippen LogP contribution is -2.41. The molecule has 158 valence electrons. The molecule has 2 N–H and O–H groups in total. The van der Waals surface area contributed by atoms with Crippen molar-refractivity contribution in [3.05, 3.63) is 33.4 Å². The highest BCUT2D eigenvalue weighted by atomic mass is 127. The van der Waals surface area contributed by atoms with Crippen molar-refractivity contribution in [2.75, 3.05) is 34.0 Å². The fourth-order valence-electron chi connectivity index (χ4n) is 2.84. The van der Waals surface area contributed by atoms with Gasteiger partial charge in [0, 0.05) is 37.2 Å². The third-order valence-corrected chi connectivity index (χ3v) is 5.01. The van der Waals surface area contributed by atoms with Crippen LogP contribution in [-0.4, -0.2) is 51.8 Å². The predicted molar refractivity (Wildman–Crippen MR) is 119 cm³/mol. The molecule has 1 aromatic carbocycles. The van der Waals surface area contributed by atoms with E-state index in [0.29, 0.717) is 32.6 Å². The molecule has 0 bridgehead atoms. The van der Waals surface area contributed by atoms with Crippen molar-refractivity contribution < 1.29 is 19.1 Å². The Morgan fingerprint density at radius 3 is 2.21 bits per heavy atom. The largest absolute Gasteiger partial charge is 0.382 e. The number of unbranched alkanes of at least 4 members (excludes halogenated alkanes) is 2. The number of carbonyl (C=O) groups is 2. The first-order valence-corrected chi connectivity index (χ1v) is 10.9. The van der Waals surface area contributed by atoms with Crippen LogP contribution in [0.3, 0.4) is 0 Å². The molecule has 0 aromatic heterocycles. The fourth-order valence-corrected chi connectivity index (χ4v) is 3.20. The highest BCUT2D eigenvalue weighted by molar-refractivity contribution is 14.1. The third kappa shape index (κ3) is 12.3. The van der Waals surface area contributed by atoms with Crippen LogP contribution in [0.2, 0.25) is 0 Å². The molecule has 2 amide bonds. The molecule has 1 aromatic rings. The first kappa shape index (κ1) is 24.8. The van der Waals surface area contributed by atoms with Crippen LogP contribution in [-0.2, 0) is 25.5 Å². The summed E-state index contributed by atoms with van der Waals surface area (Å²) in [5, 5.41) is 5.87. The second-order valence-corrected chi connectivity index (χ2v) is 8.06. The van der Waals surface area contributed by atoms with Crippen LogP contribution in [0.1, 0.15) is 44.1 Å². The maximum atomic E-state index is 11.9. The Labute approximate surface area is 182 Å². The monoisotopic (exact) mass is 504 g/mol. The van der Waals surface area contributed by atoms with E-state index >= 15 is 0 Å². The first-order chi connectivity index (χ1) is 13.5. The van der Waals surface area contributed by atoms with Crippen LogP contribution < -0.4 is 10.6 Å². The number of aryl methyl sites for hydroxylation is 1. The van der Waals surface area contributed by atoms with E-state index in [1.54, 1.807) is 14.2 Å². The zero-order chi connectivity index (χ0) is 20.6. The zero-order valence-electron chi connectivity index (χ0n) is 17.0. The second kappa shape index (κ2) is 15.7. The van der Waals surface area contributed by atoms with E-state index in [9.17, 15) is 9.59 Å². The quantitative estimate of drug-likeness (QED) is 0.285. The lowest BCUT2D eigenvalue weighted by atomic mass is 10.1. The normalized spacial score (nSPS) is 10.9. The van der Waals surface area contributed by atoms with Crippen molar-refractivity contribution >= 4 is 34.4 Å². The summed E-state index contributed by atoms with van der Waals surface area (Å²) in [5.41, 5.74) is 1.27. The molecule has 0 aliphatic rings. The molecule has 0 fully saturated rings. The standard InChI is InChI=1S/C21H33IN2O4/c1-27-15-19(16-28-2)24-21(26)8-4-3-5-14-23-20(25)9-6-7-17-10-12-18(22)13-11-17/h10-13,19H,3-9,14-16H2,1-2H3,(H,23,25)(H,24,26). The molecule has 7 heteroatoms. The van der Waals surface area contributed by atoms with Crippen molar-refractivity contribution in [2.24, 2.45) is 0 Å². The molecule has 28 heavy (non-hydrogen) atoms. The molecule has 0 radical (unpaired) electrons. The minimum Gasteiger partial charge on any atom is -0.382 e. The average molecular weight is 504 g/mol. The highest BCUT2D eigenvalue weighted by Crippen LogP contribution is 2.09. The number of rotatable bonds is 15. The molecular formula is C21H33IN2O4. The van der Waals surface area contributed by atoms with Crippen molar-refractivity contribution in [1.29, 1.82) is 0 Å². The van der Waals surface area contributed by atoms with Crippen molar-refractivity contribution in [1.82, 2.24) is 10.6 Å². The Hall–Kier alpha value is -1.19. The number of carbonyl (C=O) groups excluding carboxylic acids is 2. The van der Waals surface area contributed by atoms with Gasteiger partial charge in [-0.1, -0.05) is 18.6 Å². The number of hydrogen-bond acceptors (Lipinski definition) is 4. The van der Waals surface area contributed by atoms with E-state index in [-0.39, 0.29) is 17.9 Å². The summed E-state index contributed by atoms with van der Waals surface area (Å²) in [5.74, 6) is 0.115. The summed E-state index contributed by atoms with van der Waals surface area (Å²) in [6, 6.07) is 8.30. The van der Waals surface area contributed by atoms with Gasteiger partial charge in [-0.3, -0.25) is 9.59 Å². The van der Waals surface area contributed by atoms with Gasteiger partial charge in [0.1, 0.15) is 0 Å². The minimum absolute atomic E-state index is 0.0127. The average Bonchev–Trinajstić information content (AvgIpc) is 2.66. The van der Waals surface area contributed by atoms with Crippen molar-refractivity contribution in [2.45, 2.75) is 51.0 Å². The van der Waals surface area contributed by atoms with Crippen LogP contribution in [0.25, 0.3) is 0 Å². The lowest BCUT2D eigenvalue weighted by Gasteiger charge is -2.16. The summed E-state index contributed by atoms with van der Waals surface area (Å²) in [7, 11) is 3.21. The van der Waals surface area contributed by atoms with Crippen LogP contribution in [0.4, 0.5) is 0 Å². The Balaban J connectivity index is 2.01. The molecule has 0 atom stereocenters. The number of halogens is 1. The Kier molecular flexibility index (Phi) is 13.9. The van der Waals surface area contributed by atoms with Crippen molar-refractivity contribution in [3.8, 4) is 0 Å². The summed E-state index contributed by atoms with van der Waals surface area (Å²) < 4.78 is 11.3. The van der Waals surface area contributed by atoms with Crippen molar-refractivity contribution in [3.63, 3.8) is 0 Å². The van der Waals surface area contributed by atoms with Gasteiger partial charge in [-0.05, 0) is 66.0 Å². The minimum atomic E-state index is -0.110. The van der Waals surface area contributed by atoms with Gasteiger partial charge in [0.05, 0.1) is 19.3 Å². The van der Waals surface area contributed by atoms with Crippen LogP contribution >= 0.6 is 22.6 Å². The molecule has 0 aliphatic heterocycles. The van der Waals surface area contributed by atoms with Crippen LogP contribution in [0.15, 0.2) is 24.3 Å². The van der Waals surface area contributed by atoms with E-state index in [4.69, 9.17) is 9.47 Å². The van der Waals surface area contributed by atoms with Gasteiger partial charge in [-0.25, -0.2) is 0 Å². The summed E-state index contributed by atoms with van der Waals surface area (Å²) >= 11 is 2.29. The predicted octanol–water partition coefficient (Wildman–Crippen LogP) is 3.07. The number of benzene rings is 1. The molecule has 0 unspecified atom stereocenters. The van der Waals surface area contributed by atoms with Gasteiger partial charge < -0.3 is 20.1 Å². The summed E-state index contributed by atoms with van der Waals surface area (Å²) in [6.07, 6.45) is 5.42. The highest BCUT2D eigenvalue weighted by Gasteiger charge is 2.11. The molecule has 6 nitrogen and oxygen atoms in total. The molecule has 0 heterocycles. The molecule has 0 saturated heterocycles. The maximum Gasteiger partial charge on any atom is 0.220 e. The number of methoxy groups -OCH3 is 2. The molecule has 0 spiro atoms. The van der Waals surface area contributed by atoms with E-state index < -0.39 is 0 Å². The SMILES string of the molecule is COCC(COC)NC(=O)CCCCCNC(=O)CCCc1ccc(I)cc1. The van der Waals surface area contributed by atoms with Gasteiger partial charge in [0.25, 0.3) is 0 Å². The summed E-state index contributed by atoms with van der Waals surface area (Å²) in [6.45, 7) is 1.55. The van der Waals surface area contributed by atoms with Gasteiger partial charge in [-0.15, -0.1) is 0 Å². The topological polar surface area (TPSA) is 76.7 Å². The van der Waals surface area contributed by atoms with E-state index in [2.05, 4.69) is 57.5 Å². The molecular weight excluding hydrogens is 471 g/mol. The molecule has 0 aliphatic carbocycles. The second-order valence-electron chi connectivity index (χ2n) is 6.82. The van der Waals surface area contributed by atoms with Crippen LogP contribution in [0.5, 0.6) is 0 Å². The Morgan fingerprint density at radius 1 is 0.929 bits per heavy atom. The van der Waals surface area contributed by atoms with Gasteiger partial charge in [0.2, 0.25) is 11.8 Å². The number of ether oxygens (including phenoxy) is 2. The fraction of sp³-hybridized carbons (Fsp3) is 0.619. The first-order valence-electron chi connectivity index (χ1n) is 9.83. The summed E-state index contributed by atoms with van der Waals surface area (Å²) in [4.78, 5) is 23.8.